The van der Waals surface area contributed by atoms with Gasteiger partial charge < -0.3 is 16.0 Å². The van der Waals surface area contributed by atoms with Crippen molar-refractivity contribution in [3.8, 4) is 0 Å². The second-order valence-corrected chi connectivity index (χ2v) is 9.25. The number of nitrogens with zero attached hydrogens (tertiary/aromatic N) is 4. The Morgan fingerprint density at radius 1 is 1.29 bits per heavy atom. The van der Waals surface area contributed by atoms with Crippen LogP contribution < -0.4 is 11.1 Å². The Morgan fingerprint density at radius 3 is 2.65 bits per heavy atom. The highest BCUT2D eigenvalue weighted by atomic mass is 127. The lowest BCUT2D eigenvalue weighted by Gasteiger charge is -2.30. The summed E-state index contributed by atoms with van der Waals surface area (Å²) in [5.41, 5.74) is 7.00. The minimum atomic E-state index is -0.651. The van der Waals surface area contributed by atoms with E-state index in [4.69, 9.17) is 5.73 Å². The van der Waals surface area contributed by atoms with E-state index in [0.29, 0.717) is 47.8 Å². The summed E-state index contributed by atoms with van der Waals surface area (Å²) in [6.45, 7) is 3.33. The fourth-order valence-corrected chi connectivity index (χ4v) is 4.85. The van der Waals surface area contributed by atoms with Gasteiger partial charge in [0.15, 0.2) is 0 Å². The predicted molar refractivity (Wildman–Crippen MR) is 130 cm³/mol. The van der Waals surface area contributed by atoms with Crippen molar-refractivity contribution in [2.75, 3.05) is 24.1 Å². The van der Waals surface area contributed by atoms with E-state index in [9.17, 15) is 14.0 Å². The van der Waals surface area contributed by atoms with Gasteiger partial charge in [-0.2, -0.15) is 5.10 Å². The average molecular weight is 556 g/mol. The molecule has 1 aliphatic heterocycles. The van der Waals surface area contributed by atoms with Crippen molar-refractivity contribution in [1.29, 1.82) is 0 Å². The monoisotopic (exact) mass is 556 g/mol. The molecule has 31 heavy (non-hydrogen) atoms. The highest BCUT2D eigenvalue weighted by Crippen LogP contribution is 2.34. The number of fused-ring (bicyclic) bond motifs is 1. The van der Waals surface area contributed by atoms with E-state index < -0.39 is 11.8 Å². The first-order valence-electron chi connectivity index (χ1n) is 9.70. The quantitative estimate of drug-likeness (QED) is 0.284. The first-order chi connectivity index (χ1) is 14.9. The molecule has 3 heterocycles. The number of likely N-dealkylation sites (tertiary alicyclic amines) is 1. The minimum Gasteiger partial charge on any atom is -0.383 e. The molecule has 8 nitrogen and oxygen atoms in total. The third-order valence-corrected chi connectivity index (χ3v) is 6.70. The molecular formula is C20H23FIN6O2P. The molecule has 1 aliphatic rings. The number of halogens is 2. The Morgan fingerprint density at radius 2 is 2.03 bits per heavy atom. The van der Waals surface area contributed by atoms with Crippen LogP contribution in [0.1, 0.15) is 19.8 Å². The third kappa shape index (κ3) is 5.88. The number of amides is 2. The summed E-state index contributed by atoms with van der Waals surface area (Å²) in [5, 5.41) is 7.58. The van der Waals surface area contributed by atoms with Crippen molar-refractivity contribution in [2.24, 2.45) is 5.92 Å². The number of nitrogens with two attached hydrogens (primary N) is 1. The molecular weight excluding hydrogens is 533 g/mol. The van der Waals surface area contributed by atoms with Gasteiger partial charge in [-0.05, 0) is 52.9 Å². The van der Waals surface area contributed by atoms with Gasteiger partial charge >= 0.3 is 11.8 Å². The van der Waals surface area contributed by atoms with E-state index >= 15 is 0 Å². The Balaban J connectivity index is 0.000000330. The second-order valence-electron chi connectivity index (χ2n) is 7.21. The van der Waals surface area contributed by atoms with Crippen LogP contribution in [-0.2, 0) is 9.59 Å². The molecule has 0 radical (unpaired) electrons. The van der Waals surface area contributed by atoms with Gasteiger partial charge in [-0.1, -0.05) is 25.1 Å². The fourth-order valence-electron chi connectivity index (χ4n) is 3.32. The van der Waals surface area contributed by atoms with E-state index in [1.807, 2.05) is 0 Å². The summed E-state index contributed by atoms with van der Waals surface area (Å²) >= 11 is 2.19. The fraction of sp³-hybridized carbons (Fsp3) is 0.300. The van der Waals surface area contributed by atoms with E-state index in [2.05, 4.69) is 44.4 Å². The van der Waals surface area contributed by atoms with Crippen LogP contribution in [0.25, 0.3) is 10.9 Å². The molecule has 0 saturated carbocycles. The summed E-state index contributed by atoms with van der Waals surface area (Å²) in [4.78, 5) is 30.5. The van der Waals surface area contributed by atoms with Gasteiger partial charge in [-0.15, -0.1) is 0 Å². The number of pyridine rings is 1. The summed E-state index contributed by atoms with van der Waals surface area (Å²) in [5.74, 6) is -0.569. The molecule has 2 amide bonds. The molecule has 164 valence electrons. The first kappa shape index (κ1) is 23.3. The standard InChI is InChI=1S/C14H18IN6O2P.C6H5F/c1-8-3-2-4-20(7-8)14(23)13(22)19-10-6-17-12(16)9-5-18-21(24-15)11(9)10;7-6-4-2-1-3-5-6/h5-6,8,24H,2-4,7H2,1H3,(H2,16,17)(H,19,22);1-5H. The highest BCUT2D eigenvalue weighted by molar-refractivity contribution is 14.2. The molecule has 1 aromatic carbocycles. The summed E-state index contributed by atoms with van der Waals surface area (Å²) < 4.78 is 13.6. The van der Waals surface area contributed by atoms with Gasteiger partial charge in [0.2, 0.25) is 0 Å². The maximum absolute atomic E-state index is 12.4. The van der Waals surface area contributed by atoms with Crippen LogP contribution in [0.4, 0.5) is 15.9 Å². The van der Waals surface area contributed by atoms with E-state index in [-0.39, 0.29) is 5.82 Å². The number of nitrogen functional groups attached to an aromatic ring is 1. The smallest absolute Gasteiger partial charge is 0.314 e. The van der Waals surface area contributed by atoms with Crippen LogP contribution >= 0.6 is 28.4 Å². The number of anilines is 2. The number of rotatable bonds is 2. The number of nitrogens with one attached hydrogen (secondary N) is 1. The second kappa shape index (κ2) is 10.8. The predicted octanol–water partition coefficient (Wildman–Crippen LogP) is 3.83. The lowest BCUT2D eigenvalue weighted by Crippen LogP contribution is -2.44. The van der Waals surface area contributed by atoms with Crippen LogP contribution in [-0.4, -0.2) is 44.3 Å². The van der Waals surface area contributed by atoms with Crippen molar-refractivity contribution in [3.05, 3.63) is 48.5 Å². The Hall–Kier alpha value is -2.33. The maximum Gasteiger partial charge on any atom is 0.314 e. The van der Waals surface area contributed by atoms with Crippen molar-refractivity contribution >= 4 is 62.6 Å². The van der Waals surface area contributed by atoms with Crippen molar-refractivity contribution in [3.63, 3.8) is 0 Å². The van der Waals surface area contributed by atoms with Crippen LogP contribution in [0.5, 0.6) is 0 Å². The summed E-state index contributed by atoms with van der Waals surface area (Å²) in [7, 11) is 0. The van der Waals surface area contributed by atoms with Crippen molar-refractivity contribution < 1.29 is 14.0 Å². The zero-order valence-corrected chi connectivity index (χ0v) is 20.0. The molecule has 0 bridgehead atoms. The summed E-state index contributed by atoms with van der Waals surface area (Å²) in [6.07, 6.45) is 5.44. The van der Waals surface area contributed by atoms with E-state index in [1.54, 1.807) is 33.7 Å². The first-order valence-corrected chi connectivity index (χ1v) is 13.8. The van der Waals surface area contributed by atoms with Crippen LogP contribution in [0.2, 0.25) is 0 Å². The number of piperidine rings is 1. The van der Waals surface area contributed by atoms with Crippen LogP contribution in [0.15, 0.2) is 42.7 Å². The zero-order valence-electron chi connectivity index (χ0n) is 16.9. The zero-order chi connectivity index (χ0) is 22.4. The Labute approximate surface area is 194 Å². The van der Waals surface area contributed by atoms with Gasteiger partial charge in [0.25, 0.3) is 0 Å². The Kier molecular flexibility index (Phi) is 8.14. The molecule has 1 saturated heterocycles. The molecule has 11 heteroatoms. The molecule has 2 aromatic heterocycles. The number of hydrogen-bond donors (Lipinski definition) is 2. The highest BCUT2D eigenvalue weighted by Gasteiger charge is 2.27. The number of carbonyl (C=O) groups is 2. The lowest BCUT2D eigenvalue weighted by molar-refractivity contribution is -0.144. The lowest BCUT2D eigenvalue weighted by atomic mass is 10.0. The van der Waals surface area contributed by atoms with E-state index in [1.165, 1.54) is 18.3 Å². The number of aromatic nitrogens is 3. The maximum atomic E-state index is 12.4. The van der Waals surface area contributed by atoms with Gasteiger partial charge in [0.05, 0.1) is 29.8 Å². The summed E-state index contributed by atoms with van der Waals surface area (Å²) in [6, 6.07) is 7.94. The van der Waals surface area contributed by atoms with Gasteiger partial charge in [-0.3, -0.25) is 9.59 Å². The molecule has 2 atom stereocenters. The van der Waals surface area contributed by atoms with Crippen LogP contribution in [0.3, 0.4) is 0 Å². The van der Waals surface area contributed by atoms with Crippen molar-refractivity contribution in [1.82, 2.24) is 19.4 Å². The molecule has 2 unspecified atom stereocenters. The topological polar surface area (TPSA) is 106 Å². The molecule has 1 fully saturated rings. The van der Waals surface area contributed by atoms with Crippen LogP contribution in [0, 0.1) is 11.7 Å². The third-order valence-electron chi connectivity index (χ3n) is 4.83. The molecule has 3 N–H and O–H groups in total. The van der Waals surface area contributed by atoms with Gasteiger partial charge in [-0.25, -0.2) is 13.8 Å². The normalized spacial score (nSPS) is 16.2. The largest absolute Gasteiger partial charge is 0.383 e. The number of hydrogen-bond acceptors (Lipinski definition) is 5. The molecule has 3 aromatic rings. The van der Waals surface area contributed by atoms with Crippen molar-refractivity contribution in [2.45, 2.75) is 19.8 Å². The average Bonchev–Trinajstić information content (AvgIpc) is 3.21. The number of benzene rings is 1. The Bertz CT molecular complexity index is 1060. The molecule has 4 rings (SSSR count). The van der Waals surface area contributed by atoms with Gasteiger partial charge in [0.1, 0.15) is 17.2 Å². The molecule has 0 spiro atoms. The van der Waals surface area contributed by atoms with E-state index in [0.717, 1.165) is 12.8 Å². The minimum absolute atomic E-state index is 0.178. The SMILES string of the molecule is CC1CCCN(C(=O)C(=O)Nc2cnc(N)c3cnn(PI)c23)C1.Fc1ccccc1. The molecule has 0 aliphatic carbocycles. The number of carbonyl (C=O) groups excluding carboxylic acids is 2. The van der Waals surface area contributed by atoms with Gasteiger partial charge in [0, 0.05) is 13.1 Å².